The van der Waals surface area contributed by atoms with Gasteiger partial charge in [-0.15, -0.1) is 0 Å². The Morgan fingerprint density at radius 1 is 1.22 bits per heavy atom. The zero-order valence-electron chi connectivity index (χ0n) is 12.6. The standard InChI is InChI=1S/C14H29N3O/c1-6-12(15)13(14(3,4)5)17-9-7-16(8-10-17)11(2)18/h12-13H,6-10,15H2,1-5H3. The third kappa shape index (κ3) is 3.69. The minimum Gasteiger partial charge on any atom is -0.340 e. The molecule has 4 heteroatoms. The van der Waals surface area contributed by atoms with Crippen LogP contribution in [-0.4, -0.2) is 54.0 Å². The second-order valence-electron chi connectivity index (χ2n) is 6.43. The molecule has 1 amide bonds. The quantitative estimate of drug-likeness (QED) is 0.827. The fraction of sp³-hybridized carbons (Fsp3) is 0.929. The summed E-state index contributed by atoms with van der Waals surface area (Å²) in [4.78, 5) is 15.7. The van der Waals surface area contributed by atoms with Gasteiger partial charge < -0.3 is 10.6 Å². The van der Waals surface area contributed by atoms with Crippen molar-refractivity contribution >= 4 is 5.91 Å². The number of carbonyl (C=O) groups excluding carboxylic acids is 1. The highest BCUT2D eigenvalue weighted by Gasteiger charge is 2.36. The van der Waals surface area contributed by atoms with E-state index in [9.17, 15) is 4.79 Å². The predicted octanol–water partition coefficient (Wildman–Crippen LogP) is 1.30. The molecule has 4 nitrogen and oxygen atoms in total. The first-order valence-corrected chi connectivity index (χ1v) is 7.02. The Morgan fingerprint density at radius 2 is 1.72 bits per heavy atom. The number of hydrogen-bond donors (Lipinski definition) is 1. The van der Waals surface area contributed by atoms with Crippen LogP contribution in [0.4, 0.5) is 0 Å². The van der Waals surface area contributed by atoms with Gasteiger partial charge in [0.25, 0.3) is 0 Å². The van der Waals surface area contributed by atoms with E-state index in [2.05, 4.69) is 32.6 Å². The van der Waals surface area contributed by atoms with Gasteiger partial charge in [-0.05, 0) is 11.8 Å². The van der Waals surface area contributed by atoms with Crippen molar-refractivity contribution in [2.24, 2.45) is 11.1 Å². The molecule has 1 heterocycles. The fourth-order valence-electron chi connectivity index (χ4n) is 3.00. The molecule has 0 aromatic heterocycles. The van der Waals surface area contributed by atoms with Crippen molar-refractivity contribution in [3.63, 3.8) is 0 Å². The van der Waals surface area contributed by atoms with Gasteiger partial charge in [-0.25, -0.2) is 0 Å². The molecule has 106 valence electrons. The summed E-state index contributed by atoms with van der Waals surface area (Å²) < 4.78 is 0. The Labute approximate surface area is 111 Å². The first-order valence-electron chi connectivity index (χ1n) is 7.02. The Bertz CT molecular complexity index is 277. The summed E-state index contributed by atoms with van der Waals surface area (Å²) in [6, 6.07) is 0.588. The highest BCUT2D eigenvalue weighted by atomic mass is 16.2. The lowest BCUT2D eigenvalue weighted by Crippen LogP contribution is -2.60. The second-order valence-corrected chi connectivity index (χ2v) is 6.43. The number of nitrogens with two attached hydrogens (primary N) is 1. The van der Waals surface area contributed by atoms with Gasteiger partial charge in [0.15, 0.2) is 0 Å². The van der Waals surface area contributed by atoms with E-state index in [1.54, 1.807) is 6.92 Å². The van der Waals surface area contributed by atoms with Crippen LogP contribution in [0.1, 0.15) is 41.0 Å². The van der Waals surface area contributed by atoms with Crippen molar-refractivity contribution < 1.29 is 4.79 Å². The largest absolute Gasteiger partial charge is 0.340 e. The zero-order valence-corrected chi connectivity index (χ0v) is 12.6. The second kappa shape index (κ2) is 6.02. The van der Waals surface area contributed by atoms with Gasteiger partial charge in [-0.2, -0.15) is 0 Å². The summed E-state index contributed by atoms with van der Waals surface area (Å²) >= 11 is 0. The summed E-state index contributed by atoms with van der Waals surface area (Å²) in [5, 5.41) is 0. The predicted molar refractivity (Wildman–Crippen MR) is 75.3 cm³/mol. The normalized spacial score (nSPS) is 21.8. The number of amides is 1. The van der Waals surface area contributed by atoms with E-state index in [0.717, 1.165) is 32.6 Å². The van der Waals surface area contributed by atoms with E-state index in [0.29, 0.717) is 6.04 Å². The van der Waals surface area contributed by atoms with Crippen molar-refractivity contribution in [2.45, 2.75) is 53.1 Å². The van der Waals surface area contributed by atoms with Crippen LogP contribution in [0, 0.1) is 5.41 Å². The minimum absolute atomic E-state index is 0.174. The van der Waals surface area contributed by atoms with Gasteiger partial charge in [0.1, 0.15) is 0 Å². The highest BCUT2D eigenvalue weighted by molar-refractivity contribution is 5.73. The van der Waals surface area contributed by atoms with E-state index >= 15 is 0 Å². The molecule has 2 N–H and O–H groups in total. The first-order chi connectivity index (χ1) is 8.27. The Balaban J connectivity index is 2.69. The van der Waals surface area contributed by atoms with Gasteiger partial charge in [-0.3, -0.25) is 9.69 Å². The van der Waals surface area contributed by atoms with Crippen LogP contribution in [0.25, 0.3) is 0 Å². The Hall–Kier alpha value is -0.610. The molecule has 1 saturated heterocycles. The monoisotopic (exact) mass is 255 g/mol. The summed E-state index contributed by atoms with van der Waals surface area (Å²) in [6.07, 6.45) is 0.995. The summed E-state index contributed by atoms with van der Waals surface area (Å²) in [5.41, 5.74) is 6.48. The molecule has 1 rings (SSSR count). The van der Waals surface area contributed by atoms with E-state index in [-0.39, 0.29) is 17.4 Å². The maximum atomic E-state index is 11.3. The molecule has 2 unspecified atom stereocenters. The molecular weight excluding hydrogens is 226 g/mol. The van der Waals surface area contributed by atoms with Gasteiger partial charge in [0.05, 0.1) is 0 Å². The molecule has 0 saturated carbocycles. The maximum Gasteiger partial charge on any atom is 0.219 e. The van der Waals surface area contributed by atoms with E-state index in [4.69, 9.17) is 5.73 Å². The Kier molecular flexibility index (Phi) is 5.17. The van der Waals surface area contributed by atoms with Crippen LogP contribution < -0.4 is 5.73 Å². The third-order valence-electron chi connectivity index (χ3n) is 3.92. The topological polar surface area (TPSA) is 49.6 Å². The number of nitrogens with zero attached hydrogens (tertiary/aromatic N) is 2. The average molecular weight is 255 g/mol. The zero-order chi connectivity index (χ0) is 13.9. The molecule has 0 spiro atoms. The van der Waals surface area contributed by atoms with E-state index in [1.807, 2.05) is 4.90 Å². The van der Waals surface area contributed by atoms with Crippen molar-refractivity contribution in [1.82, 2.24) is 9.80 Å². The fourth-order valence-corrected chi connectivity index (χ4v) is 3.00. The molecule has 1 aliphatic rings. The minimum atomic E-state index is 0.174. The SMILES string of the molecule is CCC(N)C(N1CCN(C(C)=O)CC1)C(C)(C)C. The third-order valence-corrected chi connectivity index (χ3v) is 3.92. The average Bonchev–Trinajstić information content (AvgIpc) is 2.27. The van der Waals surface area contributed by atoms with Crippen LogP contribution in [0.3, 0.4) is 0 Å². The molecule has 0 radical (unpaired) electrons. The van der Waals surface area contributed by atoms with Crippen molar-refractivity contribution in [3.8, 4) is 0 Å². The van der Waals surface area contributed by atoms with Crippen molar-refractivity contribution in [2.75, 3.05) is 26.2 Å². The summed E-state index contributed by atoms with van der Waals surface area (Å²) in [5.74, 6) is 0.182. The lowest BCUT2D eigenvalue weighted by Gasteiger charge is -2.46. The summed E-state index contributed by atoms with van der Waals surface area (Å²) in [6.45, 7) is 14.1. The Morgan fingerprint density at radius 3 is 2.06 bits per heavy atom. The molecule has 0 aromatic carbocycles. The van der Waals surface area contributed by atoms with Gasteiger partial charge in [-0.1, -0.05) is 27.7 Å². The van der Waals surface area contributed by atoms with Crippen LogP contribution in [0.15, 0.2) is 0 Å². The molecule has 1 aliphatic heterocycles. The van der Waals surface area contributed by atoms with Gasteiger partial charge in [0.2, 0.25) is 5.91 Å². The lowest BCUT2D eigenvalue weighted by atomic mass is 9.80. The van der Waals surface area contributed by atoms with Crippen molar-refractivity contribution in [1.29, 1.82) is 0 Å². The number of hydrogen-bond acceptors (Lipinski definition) is 3. The highest BCUT2D eigenvalue weighted by Crippen LogP contribution is 2.28. The lowest BCUT2D eigenvalue weighted by molar-refractivity contribution is -0.131. The van der Waals surface area contributed by atoms with Crippen LogP contribution in [0.5, 0.6) is 0 Å². The molecule has 0 aromatic rings. The number of piperazine rings is 1. The maximum absolute atomic E-state index is 11.3. The molecule has 0 aliphatic carbocycles. The molecule has 18 heavy (non-hydrogen) atoms. The van der Waals surface area contributed by atoms with E-state index in [1.165, 1.54) is 0 Å². The van der Waals surface area contributed by atoms with Crippen LogP contribution >= 0.6 is 0 Å². The van der Waals surface area contributed by atoms with E-state index < -0.39 is 0 Å². The molecule has 2 atom stereocenters. The van der Waals surface area contributed by atoms with Gasteiger partial charge >= 0.3 is 0 Å². The van der Waals surface area contributed by atoms with Crippen LogP contribution in [-0.2, 0) is 4.79 Å². The number of carbonyl (C=O) groups is 1. The van der Waals surface area contributed by atoms with Gasteiger partial charge in [0, 0.05) is 45.2 Å². The first kappa shape index (κ1) is 15.4. The summed E-state index contributed by atoms with van der Waals surface area (Å²) in [7, 11) is 0. The number of rotatable bonds is 3. The smallest absolute Gasteiger partial charge is 0.219 e. The molecule has 0 bridgehead atoms. The molecular formula is C14H29N3O. The van der Waals surface area contributed by atoms with Crippen LogP contribution in [0.2, 0.25) is 0 Å². The van der Waals surface area contributed by atoms with Crippen molar-refractivity contribution in [3.05, 3.63) is 0 Å². The molecule has 1 fully saturated rings.